The smallest absolute Gasteiger partial charge is 0.317 e. The summed E-state index contributed by atoms with van der Waals surface area (Å²) in [6.45, 7) is 0.564. The zero-order valence-electron chi connectivity index (χ0n) is 11.3. The van der Waals surface area contributed by atoms with Gasteiger partial charge < -0.3 is 17.2 Å². The third-order valence-corrected chi connectivity index (χ3v) is 3.98. The maximum Gasteiger partial charge on any atom is 0.317 e. The highest BCUT2D eigenvalue weighted by molar-refractivity contribution is 7.20. The summed E-state index contributed by atoms with van der Waals surface area (Å²) in [6, 6.07) is 8.75. The van der Waals surface area contributed by atoms with E-state index in [0.29, 0.717) is 11.5 Å². The molecular weight excluding hydrogens is 288 g/mol. The molecule has 7 N–H and O–H groups in total. The van der Waals surface area contributed by atoms with Gasteiger partial charge in [0.2, 0.25) is 0 Å². The number of anilines is 1. The average Bonchev–Trinajstić information content (AvgIpc) is 2.83. The quantitative estimate of drug-likeness (QED) is 0.669. The van der Waals surface area contributed by atoms with E-state index in [2.05, 4.69) is 5.32 Å². The van der Waals surface area contributed by atoms with Gasteiger partial charge in [0.05, 0.1) is 5.56 Å². The maximum atomic E-state index is 11.4. The molecule has 0 radical (unpaired) electrons. The summed E-state index contributed by atoms with van der Waals surface area (Å²) in [4.78, 5) is 23.2. The van der Waals surface area contributed by atoms with Crippen molar-refractivity contribution in [1.29, 1.82) is 0 Å². The van der Waals surface area contributed by atoms with E-state index < -0.39 is 11.9 Å². The van der Waals surface area contributed by atoms with E-state index in [1.165, 1.54) is 11.3 Å². The lowest BCUT2D eigenvalue weighted by Gasteiger charge is -2.02. The monoisotopic (exact) mass is 304 g/mol. The molecule has 7 heteroatoms. The molecule has 0 saturated heterocycles. The Bertz CT molecular complexity index is 681. The largest absolute Gasteiger partial charge is 0.366 e. The van der Waals surface area contributed by atoms with Crippen molar-refractivity contribution in [3.63, 3.8) is 0 Å². The molecule has 0 fully saturated rings. The lowest BCUT2D eigenvalue weighted by Crippen LogP contribution is -2.21. The summed E-state index contributed by atoms with van der Waals surface area (Å²) in [5.74, 6) is -0.612. The van der Waals surface area contributed by atoms with Gasteiger partial charge in [-0.3, -0.25) is 10.1 Å². The van der Waals surface area contributed by atoms with Crippen molar-refractivity contribution < 1.29 is 9.59 Å². The molecule has 0 unspecified atom stereocenters. The number of carbonyl (C=O) groups is 2. The van der Waals surface area contributed by atoms with Crippen LogP contribution < -0.4 is 22.5 Å². The molecular formula is C14H16N4O2S. The first kappa shape index (κ1) is 15.0. The number of nitrogens with one attached hydrogen (secondary N) is 1. The Kier molecular flexibility index (Phi) is 4.56. The highest BCUT2D eigenvalue weighted by Gasteiger charge is 2.16. The Hall–Kier alpha value is -2.38. The van der Waals surface area contributed by atoms with E-state index in [9.17, 15) is 9.59 Å². The van der Waals surface area contributed by atoms with E-state index in [0.717, 1.165) is 22.4 Å². The Labute approximate surface area is 125 Å². The molecule has 110 valence electrons. The molecule has 0 atom stereocenters. The van der Waals surface area contributed by atoms with Crippen LogP contribution >= 0.6 is 11.3 Å². The van der Waals surface area contributed by atoms with Crippen LogP contribution in [-0.2, 0) is 6.42 Å². The lowest BCUT2D eigenvalue weighted by atomic mass is 10.1. The molecule has 6 nitrogen and oxygen atoms in total. The SMILES string of the molecule is NCCc1cccc(-c2cc(C(N)=O)c(NC(N)=O)s2)c1. The number of thiophene rings is 1. The summed E-state index contributed by atoms with van der Waals surface area (Å²) in [5.41, 5.74) is 18.3. The van der Waals surface area contributed by atoms with E-state index in [1.807, 2.05) is 24.3 Å². The first-order valence-corrected chi connectivity index (χ1v) is 7.12. The minimum Gasteiger partial charge on any atom is -0.366 e. The van der Waals surface area contributed by atoms with Gasteiger partial charge in [-0.25, -0.2) is 4.79 Å². The van der Waals surface area contributed by atoms with Gasteiger partial charge in [-0.05, 0) is 30.2 Å². The van der Waals surface area contributed by atoms with Crippen LogP contribution in [0.25, 0.3) is 10.4 Å². The van der Waals surface area contributed by atoms with Crippen LogP contribution in [0.2, 0.25) is 0 Å². The zero-order valence-corrected chi connectivity index (χ0v) is 12.1. The van der Waals surface area contributed by atoms with Gasteiger partial charge in [-0.2, -0.15) is 0 Å². The Balaban J connectivity index is 2.42. The molecule has 1 aromatic heterocycles. The van der Waals surface area contributed by atoms with Gasteiger partial charge in [-0.15, -0.1) is 11.3 Å². The minimum atomic E-state index is -0.734. The number of rotatable bonds is 5. The molecule has 0 aliphatic carbocycles. The number of carbonyl (C=O) groups excluding carboxylic acids is 2. The van der Waals surface area contributed by atoms with Crippen LogP contribution in [0.4, 0.5) is 9.80 Å². The highest BCUT2D eigenvalue weighted by Crippen LogP contribution is 2.35. The molecule has 0 spiro atoms. The lowest BCUT2D eigenvalue weighted by molar-refractivity contribution is 0.100. The second kappa shape index (κ2) is 6.38. The predicted molar refractivity (Wildman–Crippen MR) is 84.2 cm³/mol. The zero-order chi connectivity index (χ0) is 15.4. The minimum absolute atomic E-state index is 0.248. The summed E-state index contributed by atoms with van der Waals surface area (Å²) >= 11 is 1.25. The van der Waals surface area contributed by atoms with Crippen LogP contribution in [0.5, 0.6) is 0 Å². The summed E-state index contributed by atoms with van der Waals surface area (Å²) in [7, 11) is 0. The van der Waals surface area contributed by atoms with Gasteiger partial charge in [0.1, 0.15) is 5.00 Å². The van der Waals surface area contributed by atoms with Crippen LogP contribution in [0.1, 0.15) is 15.9 Å². The molecule has 3 amide bonds. The number of primary amides is 2. The Morgan fingerprint density at radius 3 is 2.57 bits per heavy atom. The number of amides is 3. The number of urea groups is 1. The molecule has 21 heavy (non-hydrogen) atoms. The summed E-state index contributed by atoms with van der Waals surface area (Å²) in [6.07, 6.45) is 0.772. The third kappa shape index (κ3) is 3.59. The van der Waals surface area contributed by atoms with Gasteiger partial charge >= 0.3 is 6.03 Å². The van der Waals surface area contributed by atoms with Crippen molar-refractivity contribution >= 4 is 28.3 Å². The Morgan fingerprint density at radius 1 is 1.19 bits per heavy atom. The van der Waals surface area contributed by atoms with Crippen LogP contribution in [-0.4, -0.2) is 18.5 Å². The van der Waals surface area contributed by atoms with Crippen molar-refractivity contribution in [1.82, 2.24) is 0 Å². The highest BCUT2D eigenvalue weighted by atomic mass is 32.1. The standard InChI is InChI=1S/C14H16N4O2S/c15-5-4-8-2-1-3-9(6-8)11-7-10(12(16)19)13(21-11)18-14(17)20/h1-3,6-7H,4-5,15H2,(H2,16,19)(H3,17,18,20). The van der Waals surface area contributed by atoms with Crippen molar-refractivity contribution in [3.05, 3.63) is 41.5 Å². The van der Waals surface area contributed by atoms with Crippen LogP contribution in [0.3, 0.4) is 0 Å². The van der Waals surface area contributed by atoms with Gasteiger partial charge in [0, 0.05) is 4.88 Å². The van der Waals surface area contributed by atoms with E-state index in [-0.39, 0.29) is 5.56 Å². The average molecular weight is 304 g/mol. The fraction of sp³-hybridized carbons (Fsp3) is 0.143. The first-order chi connectivity index (χ1) is 10.0. The Morgan fingerprint density at radius 2 is 1.95 bits per heavy atom. The van der Waals surface area contributed by atoms with Crippen LogP contribution in [0, 0.1) is 0 Å². The molecule has 0 bridgehead atoms. The molecule has 1 aromatic carbocycles. The number of hydrogen-bond donors (Lipinski definition) is 4. The molecule has 1 heterocycles. The fourth-order valence-corrected chi connectivity index (χ4v) is 3.03. The first-order valence-electron chi connectivity index (χ1n) is 6.30. The van der Waals surface area contributed by atoms with E-state index in [4.69, 9.17) is 17.2 Å². The van der Waals surface area contributed by atoms with Crippen molar-refractivity contribution in [2.24, 2.45) is 17.2 Å². The normalized spacial score (nSPS) is 10.3. The molecule has 0 aliphatic heterocycles. The van der Waals surface area contributed by atoms with E-state index >= 15 is 0 Å². The molecule has 2 rings (SSSR count). The van der Waals surface area contributed by atoms with Crippen molar-refractivity contribution in [3.8, 4) is 10.4 Å². The predicted octanol–water partition coefficient (Wildman–Crippen LogP) is 1.51. The molecule has 0 saturated carbocycles. The van der Waals surface area contributed by atoms with Crippen LogP contribution in [0.15, 0.2) is 30.3 Å². The third-order valence-electron chi connectivity index (χ3n) is 2.88. The molecule has 0 aliphatic rings. The summed E-state index contributed by atoms with van der Waals surface area (Å²) in [5, 5.41) is 2.78. The van der Waals surface area contributed by atoms with Gasteiger partial charge in [-0.1, -0.05) is 24.3 Å². The number of nitrogens with two attached hydrogens (primary N) is 3. The summed E-state index contributed by atoms with van der Waals surface area (Å²) < 4.78 is 0. The second-order valence-corrected chi connectivity index (χ2v) is 5.50. The van der Waals surface area contributed by atoms with Gasteiger partial charge in [0.15, 0.2) is 0 Å². The number of hydrogen-bond acceptors (Lipinski definition) is 4. The van der Waals surface area contributed by atoms with Crippen molar-refractivity contribution in [2.75, 3.05) is 11.9 Å². The van der Waals surface area contributed by atoms with E-state index in [1.54, 1.807) is 6.07 Å². The number of benzene rings is 1. The maximum absolute atomic E-state index is 11.4. The topological polar surface area (TPSA) is 124 Å². The fourth-order valence-electron chi connectivity index (χ4n) is 1.97. The molecule has 2 aromatic rings. The second-order valence-electron chi connectivity index (χ2n) is 4.45. The van der Waals surface area contributed by atoms with Crippen molar-refractivity contribution in [2.45, 2.75) is 6.42 Å². The van der Waals surface area contributed by atoms with Gasteiger partial charge in [0.25, 0.3) is 5.91 Å².